The molecule has 6 heteroatoms. The van der Waals surface area contributed by atoms with Crippen molar-refractivity contribution >= 4 is 5.96 Å². The molecule has 0 aliphatic heterocycles. The van der Waals surface area contributed by atoms with E-state index in [0.29, 0.717) is 12.1 Å². The quantitative estimate of drug-likeness (QED) is 0.393. The number of aliphatic imine (C=N–C) groups is 1. The maximum Gasteiger partial charge on any atom is 0.190 e. The van der Waals surface area contributed by atoms with Crippen molar-refractivity contribution < 1.29 is 0 Å². The van der Waals surface area contributed by atoms with Crippen LogP contribution in [-0.2, 0) is 6.54 Å². The lowest BCUT2D eigenvalue weighted by Crippen LogP contribution is -2.41. The Labute approximate surface area is 141 Å². The van der Waals surface area contributed by atoms with Crippen LogP contribution in [0.15, 0.2) is 23.7 Å². The van der Waals surface area contributed by atoms with Crippen molar-refractivity contribution in [3.8, 4) is 0 Å². The van der Waals surface area contributed by atoms with E-state index < -0.39 is 0 Å². The Bertz CT molecular complexity index is 416. The van der Waals surface area contributed by atoms with E-state index in [1.807, 2.05) is 25.8 Å². The summed E-state index contributed by atoms with van der Waals surface area (Å²) in [6, 6.07) is 1.19. The molecule has 0 saturated carbocycles. The van der Waals surface area contributed by atoms with Gasteiger partial charge in [-0.2, -0.15) is 0 Å². The number of guanidine groups is 1. The van der Waals surface area contributed by atoms with Crippen LogP contribution in [-0.4, -0.2) is 59.2 Å². The maximum absolute atomic E-state index is 4.27. The van der Waals surface area contributed by atoms with Gasteiger partial charge in [-0.25, -0.2) is 4.98 Å². The molecule has 0 aliphatic rings. The second kappa shape index (κ2) is 11.0. The van der Waals surface area contributed by atoms with Crippen LogP contribution in [0.25, 0.3) is 0 Å². The lowest BCUT2D eigenvalue weighted by atomic mass is 10.2. The number of nitrogens with one attached hydrogen (secondary N) is 2. The van der Waals surface area contributed by atoms with Gasteiger partial charge in [-0.3, -0.25) is 9.89 Å². The molecule has 0 fully saturated rings. The largest absolute Gasteiger partial charge is 0.356 e. The normalized spacial score (nSPS) is 12.4. The molecule has 23 heavy (non-hydrogen) atoms. The first-order valence-corrected chi connectivity index (χ1v) is 8.70. The Morgan fingerprint density at radius 2 is 1.78 bits per heavy atom. The average Bonchev–Trinajstić information content (AvgIpc) is 3.01. The maximum atomic E-state index is 4.27. The lowest BCUT2D eigenvalue weighted by molar-refractivity contribution is 0.173. The van der Waals surface area contributed by atoms with E-state index in [0.717, 1.165) is 45.0 Å². The van der Waals surface area contributed by atoms with Crippen LogP contribution in [0.4, 0.5) is 0 Å². The number of hydrogen-bond acceptors (Lipinski definition) is 3. The molecule has 0 amide bonds. The molecular formula is C17H34N6. The first kappa shape index (κ1) is 19.5. The van der Waals surface area contributed by atoms with Crippen molar-refractivity contribution in [3.05, 3.63) is 18.7 Å². The third kappa shape index (κ3) is 8.02. The second-order valence-electron chi connectivity index (χ2n) is 6.36. The zero-order valence-corrected chi connectivity index (χ0v) is 15.4. The van der Waals surface area contributed by atoms with Gasteiger partial charge in [0.25, 0.3) is 0 Å². The molecule has 0 spiro atoms. The monoisotopic (exact) mass is 322 g/mol. The molecule has 1 aromatic heterocycles. The third-order valence-corrected chi connectivity index (χ3v) is 3.88. The summed E-state index contributed by atoms with van der Waals surface area (Å²) >= 11 is 0. The van der Waals surface area contributed by atoms with Gasteiger partial charge in [0.05, 0.1) is 6.33 Å². The van der Waals surface area contributed by atoms with E-state index in [-0.39, 0.29) is 0 Å². The number of aryl methyl sites for hydroxylation is 1. The van der Waals surface area contributed by atoms with Crippen molar-refractivity contribution in [2.45, 2.75) is 59.2 Å². The molecule has 0 bridgehead atoms. The summed E-state index contributed by atoms with van der Waals surface area (Å²) in [4.78, 5) is 10.8. The second-order valence-corrected chi connectivity index (χ2v) is 6.36. The van der Waals surface area contributed by atoms with Crippen molar-refractivity contribution in [3.63, 3.8) is 0 Å². The SMILES string of the molecule is CN=C(NCCCN(C(C)C)C(C)C)NCCCn1ccnc1. The molecule has 0 aliphatic carbocycles. The minimum atomic E-state index is 0.593. The summed E-state index contributed by atoms with van der Waals surface area (Å²) in [5, 5.41) is 6.75. The molecule has 132 valence electrons. The molecule has 2 N–H and O–H groups in total. The number of imidazole rings is 1. The fraction of sp³-hybridized carbons (Fsp3) is 0.765. The van der Waals surface area contributed by atoms with Crippen LogP contribution in [0.2, 0.25) is 0 Å². The fourth-order valence-corrected chi connectivity index (χ4v) is 2.69. The third-order valence-electron chi connectivity index (χ3n) is 3.88. The van der Waals surface area contributed by atoms with Crippen molar-refractivity contribution in [2.24, 2.45) is 4.99 Å². The summed E-state index contributed by atoms with van der Waals surface area (Å²) in [5.41, 5.74) is 0. The van der Waals surface area contributed by atoms with E-state index >= 15 is 0 Å². The van der Waals surface area contributed by atoms with Crippen LogP contribution in [0, 0.1) is 0 Å². The predicted octanol–water partition coefficient (Wildman–Crippen LogP) is 1.95. The van der Waals surface area contributed by atoms with Gasteiger partial charge in [0, 0.05) is 57.7 Å². The van der Waals surface area contributed by atoms with Crippen molar-refractivity contribution in [1.29, 1.82) is 0 Å². The summed E-state index contributed by atoms with van der Waals surface area (Å²) < 4.78 is 2.09. The highest BCUT2D eigenvalue weighted by Gasteiger charge is 2.12. The van der Waals surface area contributed by atoms with Crippen LogP contribution < -0.4 is 10.6 Å². The predicted molar refractivity (Wildman–Crippen MR) is 97.8 cm³/mol. The van der Waals surface area contributed by atoms with Gasteiger partial charge in [-0.15, -0.1) is 0 Å². The van der Waals surface area contributed by atoms with Gasteiger partial charge in [0.2, 0.25) is 0 Å². The van der Waals surface area contributed by atoms with Gasteiger partial charge in [-0.1, -0.05) is 0 Å². The minimum Gasteiger partial charge on any atom is -0.356 e. The zero-order chi connectivity index (χ0) is 17.1. The van der Waals surface area contributed by atoms with E-state index in [2.05, 4.69) is 57.8 Å². The van der Waals surface area contributed by atoms with E-state index in [4.69, 9.17) is 0 Å². The summed E-state index contributed by atoms with van der Waals surface area (Å²) in [7, 11) is 1.82. The summed E-state index contributed by atoms with van der Waals surface area (Å²) in [6.07, 6.45) is 7.81. The van der Waals surface area contributed by atoms with Crippen LogP contribution in [0.1, 0.15) is 40.5 Å². The van der Waals surface area contributed by atoms with Crippen molar-refractivity contribution in [1.82, 2.24) is 25.1 Å². The number of nitrogens with zero attached hydrogens (tertiary/aromatic N) is 4. The minimum absolute atomic E-state index is 0.593. The molecule has 0 radical (unpaired) electrons. The molecular weight excluding hydrogens is 288 g/mol. The molecule has 1 rings (SSSR count). The van der Waals surface area contributed by atoms with Crippen molar-refractivity contribution in [2.75, 3.05) is 26.7 Å². The number of hydrogen-bond donors (Lipinski definition) is 2. The highest BCUT2D eigenvalue weighted by Crippen LogP contribution is 2.05. The molecule has 0 unspecified atom stereocenters. The molecule has 1 heterocycles. The molecule has 0 saturated heterocycles. The van der Waals surface area contributed by atoms with Crippen LogP contribution in [0.3, 0.4) is 0 Å². The van der Waals surface area contributed by atoms with E-state index in [1.54, 1.807) is 0 Å². The fourth-order valence-electron chi connectivity index (χ4n) is 2.69. The zero-order valence-electron chi connectivity index (χ0n) is 15.4. The molecule has 6 nitrogen and oxygen atoms in total. The van der Waals surface area contributed by atoms with Gasteiger partial charge in [-0.05, 0) is 40.5 Å². The van der Waals surface area contributed by atoms with Crippen LogP contribution in [0.5, 0.6) is 0 Å². The summed E-state index contributed by atoms with van der Waals surface area (Å²) in [5.74, 6) is 0.885. The van der Waals surface area contributed by atoms with Crippen LogP contribution >= 0.6 is 0 Å². The lowest BCUT2D eigenvalue weighted by Gasteiger charge is -2.30. The van der Waals surface area contributed by atoms with Gasteiger partial charge in [0.15, 0.2) is 5.96 Å². The Kier molecular flexibility index (Phi) is 9.36. The Balaban J connectivity index is 2.14. The van der Waals surface area contributed by atoms with E-state index in [1.165, 1.54) is 0 Å². The molecule has 0 atom stereocenters. The summed E-state index contributed by atoms with van der Waals surface area (Å²) in [6.45, 7) is 13.0. The smallest absolute Gasteiger partial charge is 0.190 e. The number of rotatable bonds is 10. The highest BCUT2D eigenvalue weighted by atomic mass is 15.2. The number of aromatic nitrogens is 2. The Morgan fingerprint density at radius 3 is 2.30 bits per heavy atom. The topological polar surface area (TPSA) is 57.5 Å². The highest BCUT2D eigenvalue weighted by molar-refractivity contribution is 5.79. The Hall–Kier alpha value is -1.56. The van der Waals surface area contributed by atoms with Gasteiger partial charge < -0.3 is 15.2 Å². The Morgan fingerprint density at radius 1 is 1.13 bits per heavy atom. The first-order valence-electron chi connectivity index (χ1n) is 8.70. The van der Waals surface area contributed by atoms with Gasteiger partial charge >= 0.3 is 0 Å². The molecule has 1 aromatic rings. The average molecular weight is 323 g/mol. The first-order chi connectivity index (χ1) is 11.0. The van der Waals surface area contributed by atoms with E-state index in [9.17, 15) is 0 Å². The van der Waals surface area contributed by atoms with Gasteiger partial charge in [0.1, 0.15) is 0 Å². The molecule has 0 aromatic carbocycles. The standard InChI is InChI=1S/C17H34N6/c1-15(2)23(16(3)4)12-7-9-21-17(18-5)20-8-6-11-22-13-10-19-14-22/h10,13-16H,6-9,11-12H2,1-5H3,(H2,18,20,21).